The van der Waals surface area contributed by atoms with Crippen LogP contribution in [0.15, 0.2) is 0 Å². The maximum Gasteiger partial charge on any atom is 0.391 e. The van der Waals surface area contributed by atoms with Crippen LogP contribution in [-0.2, 0) is 18.9 Å². The summed E-state index contributed by atoms with van der Waals surface area (Å²) in [5.41, 5.74) is -1.09. The highest BCUT2D eigenvalue weighted by Gasteiger charge is 2.37. The first-order chi connectivity index (χ1) is 8.27. The van der Waals surface area contributed by atoms with Gasteiger partial charge in [0, 0.05) is 24.1 Å². The van der Waals surface area contributed by atoms with E-state index in [1.807, 2.05) is 0 Å². The Hall–Kier alpha value is -0.400. The maximum atomic E-state index is 11.5. The Morgan fingerprint density at radius 3 is 2.67 bits per heavy atom. The number of methoxy groups -OCH3 is 1. The molecule has 1 aliphatic heterocycles. The fourth-order valence-corrected chi connectivity index (χ4v) is 3.58. The molecule has 1 saturated heterocycles. The first-order valence-corrected chi connectivity index (χ1v) is 8.03. The summed E-state index contributed by atoms with van der Waals surface area (Å²) in [7, 11) is -3.42. The third-order valence-electron chi connectivity index (χ3n) is 2.66. The lowest BCUT2D eigenvalue weighted by molar-refractivity contribution is -0.145. The Morgan fingerprint density at radius 2 is 2.17 bits per heavy atom. The number of esters is 1. The highest BCUT2D eigenvalue weighted by molar-refractivity contribution is 7.99. The van der Waals surface area contributed by atoms with Gasteiger partial charge in [0.05, 0.1) is 7.11 Å². The van der Waals surface area contributed by atoms with Gasteiger partial charge in [-0.05, 0) is 0 Å². The fourth-order valence-electron chi connectivity index (χ4n) is 1.73. The summed E-state index contributed by atoms with van der Waals surface area (Å²) in [6.45, 7) is 1.58. The van der Waals surface area contributed by atoms with Gasteiger partial charge >= 0.3 is 13.6 Å². The summed E-state index contributed by atoms with van der Waals surface area (Å²) in [6.07, 6.45) is 0. The molecule has 0 amide bonds. The van der Waals surface area contributed by atoms with Gasteiger partial charge in [-0.3, -0.25) is 19.1 Å². The summed E-state index contributed by atoms with van der Waals surface area (Å²) < 4.78 is 15.5. The van der Waals surface area contributed by atoms with E-state index in [9.17, 15) is 14.2 Å². The minimum atomic E-state index is -4.71. The number of nitrogens with zero attached hydrogens (tertiary/aromatic N) is 1. The summed E-state index contributed by atoms with van der Waals surface area (Å²) in [6, 6.07) is -0.452. The van der Waals surface area contributed by atoms with Crippen LogP contribution < -0.4 is 0 Å². The van der Waals surface area contributed by atoms with Crippen molar-refractivity contribution in [3.63, 3.8) is 0 Å². The Morgan fingerprint density at radius 1 is 1.56 bits per heavy atom. The predicted octanol–water partition coefficient (Wildman–Crippen LogP) is -0.125. The second-order valence-corrected chi connectivity index (χ2v) is 6.62. The summed E-state index contributed by atoms with van der Waals surface area (Å²) in [5.74, 6) is -0.116. The zero-order chi connectivity index (χ0) is 13.9. The fraction of sp³-hybridized carbons (Fsp3) is 0.778. The minimum absolute atomic E-state index is 0.136. The first-order valence-electron chi connectivity index (χ1n) is 5.27. The van der Waals surface area contributed by atoms with E-state index in [2.05, 4.69) is 4.74 Å². The number of ether oxygens (including phenoxy) is 1. The zero-order valence-corrected chi connectivity index (χ0v) is 11.8. The number of hydrogen-bond acceptors (Lipinski definition) is 6. The Kier molecular flexibility index (Phi) is 5.36. The van der Waals surface area contributed by atoms with E-state index < -0.39 is 31.0 Å². The maximum absolute atomic E-state index is 11.5. The molecule has 9 heteroatoms. The minimum Gasteiger partial charge on any atom is -0.468 e. The number of rotatable bonds is 5. The summed E-state index contributed by atoms with van der Waals surface area (Å²) in [4.78, 5) is 42.1. The second-order valence-electron chi connectivity index (χ2n) is 4.09. The van der Waals surface area contributed by atoms with Crippen LogP contribution in [-0.4, -0.2) is 57.5 Å². The highest BCUT2D eigenvalue weighted by atomic mass is 32.2. The predicted molar refractivity (Wildman–Crippen MR) is 66.1 cm³/mol. The molecule has 2 atom stereocenters. The molecule has 0 aromatic heterocycles. The molecule has 7 nitrogen and oxygen atoms in total. The summed E-state index contributed by atoms with van der Waals surface area (Å²) in [5, 5.41) is 0. The highest BCUT2D eigenvalue weighted by Crippen LogP contribution is 2.39. The van der Waals surface area contributed by atoms with E-state index >= 15 is 0 Å². The molecule has 0 aromatic rings. The largest absolute Gasteiger partial charge is 0.468 e. The Labute approximate surface area is 109 Å². The quantitative estimate of drug-likeness (QED) is 0.534. The van der Waals surface area contributed by atoms with Crippen molar-refractivity contribution < 1.29 is 28.7 Å². The monoisotopic (exact) mass is 297 g/mol. The molecule has 0 saturated carbocycles. The van der Waals surface area contributed by atoms with Crippen molar-refractivity contribution in [2.45, 2.75) is 13.0 Å². The van der Waals surface area contributed by atoms with Crippen molar-refractivity contribution in [1.29, 1.82) is 0 Å². The third-order valence-corrected chi connectivity index (χ3v) is 4.74. The van der Waals surface area contributed by atoms with E-state index in [0.717, 1.165) is 0 Å². The van der Waals surface area contributed by atoms with Gasteiger partial charge in [-0.1, -0.05) is 6.92 Å². The van der Waals surface area contributed by atoms with Gasteiger partial charge in [-0.25, -0.2) is 0 Å². The Balaban J connectivity index is 2.64. The second kappa shape index (κ2) is 6.16. The molecule has 2 N–H and O–H groups in total. The van der Waals surface area contributed by atoms with Crippen LogP contribution >= 0.6 is 19.4 Å². The number of carbonyl (C=O) groups excluding carboxylic acids is 2. The molecule has 18 heavy (non-hydrogen) atoms. The molecule has 1 aliphatic rings. The van der Waals surface area contributed by atoms with Crippen LogP contribution in [0, 0.1) is 5.92 Å². The average molecular weight is 297 g/mol. The van der Waals surface area contributed by atoms with Gasteiger partial charge in [-0.2, -0.15) is 0 Å². The SMILES string of the molecule is COC(=O)C1CSCN1CC(C)C(=O)P(=O)(O)O. The molecular formula is C9H16NO6PS. The van der Waals surface area contributed by atoms with Crippen molar-refractivity contribution in [1.82, 2.24) is 4.90 Å². The van der Waals surface area contributed by atoms with E-state index in [0.29, 0.717) is 11.6 Å². The average Bonchev–Trinajstić information content (AvgIpc) is 2.73. The lowest BCUT2D eigenvalue weighted by atomic mass is 10.1. The number of thioether (sulfide) groups is 1. The van der Waals surface area contributed by atoms with Crippen molar-refractivity contribution in [3.8, 4) is 0 Å². The lowest BCUT2D eigenvalue weighted by Gasteiger charge is -2.24. The van der Waals surface area contributed by atoms with E-state index in [1.165, 1.54) is 25.8 Å². The third kappa shape index (κ3) is 3.80. The van der Waals surface area contributed by atoms with Gasteiger partial charge in [0.25, 0.3) is 0 Å². The lowest BCUT2D eigenvalue weighted by Crippen LogP contribution is -2.41. The molecule has 0 spiro atoms. The molecule has 104 valence electrons. The standard InChI is InChI=1S/C9H16NO6PS/c1-6(9(12)17(13,14)15)3-10-5-18-4-7(10)8(11)16-2/h6-7H,3-5H2,1-2H3,(H2,13,14,15). The smallest absolute Gasteiger partial charge is 0.391 e. The van der Waals surface area contributed by atoms with Crippen LogP contribution in [0.2, 0.25) is 0 Å². The molecule has 2 unspecified atom stereocenters. The summed E-state index contributed by atoms with van der Waals surface area (Å²) >= 11 is 1.51. The van der Waals surface area contributed by atoms with E-state index in [-0.39, 0.29) is 6.54 Å². The van der Waals surface area contributed by atoms with Crippen molar-refractivity contribution >= 4 is 30.9 Å². The topological polar surface area (TPSA) is 104 Å². The zero-order valence-electron chi connectivity index (χ0n) is 10.1. The molecule has 1 rings (SSSR count). The molecule has 0 bridgehead atoms. The Bertz CT molecular complexity index is 383. The van der Waals surface area contributed by atoms with Crippen LogP contribution in [0.1, 0.15) is 6.92 Å². The molecule has 0 aromatic carbocycles. The molecule has 1 heterocycles. The molecular weight excluding hydrogens is 281 g/mol. The number of hydrogen-bond donors (Lipinski definition) is 2. The van der Waals surface area contributed by atoms with E-state index in [4.69, 9.17) is 9.79 Å². The van der Waals surface area contributed by atoms with Gasteiger partial charge < -0.3 is 14.5 Å². The molecule has 0 aliphatic carbocycles. The van der Waals surface area contributed by atoms with Crippen molar-refractivity contribution in [2.75, 3.05) is 25.3 Å². The van der Waals surface area contributed by atoms with Gasteiger partial charge in [0.1, 0.15) is 6.04 Å². The molecule has 1 fully saturated rings. The van der Waals surface area contributed by atoms with Crippen LogP contribution in [0.5, 0.6) is 0 Å². The first kappa shape index (κ1) is 15.7. The van der Waals surface area contributed by atoms with Gasteiger partial charge in [-0.15, -0.1) is 11.8 Å². The normalized spacial score (nSPS) is 22.8. The van der Waals surface area contributed by atoms with E-state index in [1.54, 1.807) is 4.90 Å². The van der Waals surface area contributed by atoms with Crippen LogP contribution in [0.4, 0.5) is 0 Å². The van der Waals surface area contributed by atoms with Gasteiger partial charge in [0.2, 0.25) is 5.52 Å². The van der Waals surface area contributed by atoms with Crippen molar-refractivity contribution in [2.24, 2.45) is 5.92 Å². The van der Waals surface area contributed by atoms with Crippen LogP contribution in [0.3, 0.4) is 0 Å². The van der Waals surface area contributed by atoms with Crippen LogP contribution in [0.25, 0.3) is 0 Å². The number of carbonyl (C=O) groups is 2. The van der Waals surface area contributed by atoms with Crippen molar-refractivity contribution in [3.05, 3.63) is 0 Å². The van der Waals surface area contributed by atoms with Gasteiger partial charge in [0.15, 0.2) is 0 Å². The molecule has 0 radical (unpaired) electrons.